The summed E-state index contributed by atoms with van der Waals surface area (Å²) in [6, 6.07) is 1.77. The van der Waals surface area contributed by atoms with Crippen molar-refractivity contribution in [3.63, 3.8) is 0 Å². The van der Waals surface area contributed by atoms with Crippen LogP contribution in [0.4, 0.5) is 0 Å². The fraction of sp³-hybridized carbons (Fsp3) is 0.733. The molecule has 1 rings (SSSR count). The highest BCUT2D eigenvalue weighted by Crippen LogP contribution is 2.15. The molecule has 0 radical (unpaired) electrons. The molecule has 0 aliphatic rings. The number of aromatic nitrogens is 1. The van der Waals surface area contributed by atoms with Crippen LogP contribution in [0.2, 0.25) is 0 Å². The fourth-order valence-corrected chi connectivity index (χ4v) is 3.44. The summed E-state index contributed by atoms with van der Waals surface area (Å²) in [5, 5.41) is 3.24. The van der Waals surface area contributed by atoms with Crippen molar-refractivity contribution in [1.29, 1.82) is 0 Å². The van der Waals surface area contributed by atoms with Gasteiger partial charge in [-0.1, -0.05) is 33.6 Å². The molecule has 0 fully saturated rings. The molecular weight excluding hydrogens is 286 g/mol. The molecule has 0 unspecified atom stereocenters. The number of aryl methyl sites for hydroxylation is 1. The van der Waals surface area contributed by atoms with E-state index in [0.717, 1.165) is 31.6 Å². The Bertz CT molecular complexity index is 519. The first-order valence-electron chi connectivity index (χ1n) is 7.87. The van der Waals surface area contributed by atoms with E-state index < -0.39 is 10.0 Å². The standard InChI is InChI=1S/C15H29N3O2S/c1-5-13(6-2)10-17-21(19,20)15-9-14(11-16-7-3)18(8-4)12-15/h9,12-13,16-17H,5-8,10-11H2,1-4H3. The highest BCUT2D eigenvalue weighted by molar-refractivity contribution is 7.89. The third kappa shape index (κ3) is 5.13. The summed E-state index contributed by atoms with van der Waals surface area (Å²) in [6.45, 7) is 11.1. The van der Waals surface area contributed by atoms with Gasteiger partial charge in [0.2, 0.25) is 10.0 Å². The number of nitrogens with one attached hydrogen (secondary N) is 2. The molecular formula is C15H29N3O2S. The van der Waals surface area contributed by atoms with Gasteiger partial charge in [0.05, 0.1) is 4.90 Å². The summed E-state index contributed by atoms with van der Waals surface area (Å²) in [5.41, 5.74) is 1.00. The molecule has 5 nitrogen and oxygen atoms in total. The molecule has 1 aromatic heterocycles. The Labute approximate surface area is 129 Å². The van der Waals surface area contributed by atoms with Crippen molar-refractivity contribution in [3.8, 4) is 0 Å². The third-order valence-electron chi connectivity index (χ3n) is 3.88. The molecule has 1 aromatic rings. The highest BCUT2D eigenvalue weighted by atomic mass is 32.2. The van der Waals surface area contributed by atoms with Crippen molar-refractivity contribution < 1.29 is 8.42 Å². The first-order chi connectivity index (χ1) is 9.98. The highest BCUT2D eigenvalue weighted by Gasteiger charge is 2.19. The van der Waals surface area contributed by atoms with Crippen LogP contribution in [0.1, 0.15) is 46.2 Å². The molecule has 0 spiro atoms. The molecule has 0 aliphatic carbocycles. The Morgan fingerprint density at radius 1 is 1.19 bits per heavy atom. The van der Waals surface area contributed by atoms with Gasteiger partial charge in [-0.2, -0.15) is 0 Å². The average molecular weight is 315 g/mol. The predicted molar refractivity (Wildman–Crippen MR) is 86.7 cm³/mol. The molecule has 2 N–H and O–H groups in total. The van der Waals surface area contributed by atoms with Crippen molar-refractivity contribution in [1.82, 2.24) is 14.6 Å². The molecule has 1 heterocycles. The average Bonchev–Trinajstić information content (AvgIpc) is 2.90. The molecule has 0 saturated heterocycles. The lowest BCUT2D eigenvalue weighted by atomic mass is 10.0. The Kier molecular flexibility index (Phi) is 7.42. The molecule has 0 saturated carbocycles. The van der Waals surface area contributed by atoms with E-state index in [0.29, 0.717) is 23.9 Å². The van der Waals surface area contributed by atoms with E-state index in [1.807, 2.05) is 18.4 Å². The predicted octanol–water partition coefficient (Wildman–Crippen LogP) is 2.33. The second-order valence-corrected chi connectivity index (χ2v) is 7.03. The summed E-state index contributed by atoms with van der Waals surface area (Å²) in [5.74, 6) is 0.397. The van der Waals surface area contributed by atoms with Crippen molar-refractivity contribution in [3.05, 3.63) is 18.0 Å². The fourth-order valence-electron chi connectivity index (χ4n) is 2.26. The zero-order chi connectivity index (χ0) is 15.9. The minimum absolute atomic E-state index is 0.364. The Balaban J connectivity index is 2.85. The summed E-state index contributed by atoms with van der Waals surface area (Å²) in [7, 11) is -3.41. The summed E-state index contributed by atoms with van der Waals surface area (Å²) < 4.78 is 29.5. The van der Waals surface area contributed by atoms with Crippen LogP contribution in [-0.2, 0) is 23.1 Å². The molecule has 122 valence electrons. The molecule has 0 atom stereocenters. The second-order valence-electron chi connectivity index (χ2n) is 5.27. The maximum atomic E-state index is 12.4. The van der Waals surface area contributed by atoms with Gasteiger partial charge in [-0.05, 0) is 25.5 Å². The Hall–Kier alpha value is -0.850. The maximum Gasteiger partial charge on any atom is 0.242 e. The molecule has 0 aromatic carbocycles. The van der Waals surface area contributed by atoms with E-state index in [2.05, 4.69) is 23.9 Å². The second kappa shape index (κ2) is 8.56. The smallest absolute Gasteiger partial charge is 0.242 e. The Morgan fingerprint density at radius 3 is 2.38 bits per heavy atom. The Morgan fingerprint density at radius 2 is 1.86 bits per heavy atom. The van der Waals surface area contributed by atoms with Crippen molar-refractivity contribution in [2.75, 3.05) is 13.1 Å². The molecule has 21 heavy (non-hydrogen) atoms. The topological polar surface area (TPSA) is 63.1 Å². The first-order valence-corrected chi connectivity index (χ1v) is 9.36. The van der Waals surface area contributed by atoms with Gasteiger partial charge in [-0.25, -0.2) is 13.1 Å². The van der Waals surface area contributed by atoms with Crippen molar-refractivity contribution >= 4 is 10.0 Å². The molecule has 0 bridgehead atoms. The molecule has 0 aliphatic heterocycles. The minimum Gasteiger partial charge on any atom is -0.349 e. The van der Waals surface area contributed by atoms with Crippen LogP contribution in [0, 0.1) is 5.92 Å². The number of sulfonamides is 1. The first kappa shape index (κ1) is 18.2. The van der Waals surface area contributed by atoms with E-state index in [9.17, 15) is 8.42 Å². The molecule has 0 amide bonds. The van der Waals surface area contributed by atoms with Crippen molar-refractivity contribution in [2.45, 2.75) is 58.5 Å². The summed E-state index contributed by atoms with van der Waals surface area (Å²) in [6.07, 6.45) is 3.70. The van der Waals surface area contributed by atoms with Crippen LogP contribution in [-0.4, -0.2) is 26.1 Å². The van der Waals surface area contributed by atoms with Crippen LogP contribution in [0.5, 0.6) is 0 Å². The summed E-state index contributed by atoms with van der Waals surface area (Å²) in [4.78, 5) is 0.364. The van der Waals surface area contributed by atoms with E-state index >= 15 is 0 Å². The van der Waals surface area contributed by atoms with Gasteiger partial charge < -0.3 is 9.88 Å². The van der Waals surface area contributed by atoms with Crippen molar-refractivity contribution in [2.24, 2.45) is 5.92 Å². The monoisotopic (exact) mass is 315 g/mol. The maximum absolute atomic E-state index is 12.4. The van der Waals surface area contributed by atoms with Gasteiger partial charge in [0.25, 0.3) is 0 Å². The van der Waals surface area contributed by atoms with Gasteiger partial charge in [-0.3, -0.25) is 0 Å². The van der Waals surface area contributed by atoms with Gasteiger partial charge in [-0.15, -0.1) is 0 Å². The summed E-state index contributed by atoms with van der Waals surface area (Å²) >= 11 is 0. The van der Waals surface area contributed by atoms with Gasteiger partial charge in [0, 0.05) is 31.5 Å². The number of hydrogen-bond donors (Lipinski definition) is 2. The lowest BCUT2D eigenvalue weighted by Crippen LogP contribution is -2.28. The van der Waals surface area contributed by atoms with Gasteiger partial charge >= 0.3 is 0 Å². The number of hydrogen-bond acceptors (Lipinski definition) is 3. The van der Waals surface area contributed by atoms with Crippen LogP contribution >= 0.6 is 0 Å². The molecule has 6 heteroatoms. The van der Waals surface area contributed by atoms with Crippen LogP contribution < -0.4 is 10.0 Å². The van der Waals surface area contributed by atoms with E-state index in [-0.39, 0.29) is 0 Å². The van der Waals surface area contributed by atoms with E-state index in [4.69, 9.17) is 0 Å². The largest absolute Gasteiger partial charge is 0.349 e. The van der Waals surface area contributed by atoms with Crippen LogP contribution in [0.15, 0.2) is 17.2 Å². The van der Waals surface area contributed by atoms with Crippen LogP contribution in [0.3, 0.4) is 0 Å². The minimum atomic E-state index is -3.41. The third-order valence-corrected chi connectivity index (χ3v) is 5.28. The van der Waals surface area contributed by atoms with Gasteiger partial charge in [0.1, 0.15) is 0 Å². The van der Waals surface area contributed by atoms with E-state index in [1.54, 1.807) is 12.3 Å². The van der Waals surface area contributed by atoms with E-state index in [1.165, 1.54) is 0 Å². The quantitative estimate of drug-likeness (QED) is 0.696. The lowest BCUT2D eigenvalue weighted by molar-refractivity contribution is 0.479. The number of nitrogens with zero attached hydrogens (tertiary/aromatic N) is 1. The SMILES string of the molecule is CCNCc1cc(S(=O)(=O)NCC(CC)CC)cn1CC. The zero-order valence-corrected chi connectivity index (χ0v) is 14.5. The normalized spacial score (nSPS) is 12.2. The van der Waals surface area contributed by atoms with Gasteiger partial charge in [0.15, 0.2) is 0 Å². The number of rotatable bonds is 10. The lowest BCUT2D eigenvalue weighted by Gasteiger charge is -2.12. The zero-order valence-electron chi connectivity index (χ0n) is 13.6. The van der Waals surface area contributed by atoms with Crippen LogP contribution in [0.25, 0.3) is 0 Å².